The number of carboxylic acids is 1. The number of fused-ring (bicyclic) bond motifs is 1. The molecule has 0 bridgehead atoms. The van der Waals surface area contributed by atoms with Crippen molar-refractivity contribution in [2.75, 3.05) is 18.0 Å². The van der Waals surface area contributed by atoms with Crippen LogP contribution in [0.5, 0.6) is 0 Å². The maximum atomic E-state index is 14.5. The highest BCUT2D eigenvalue weighted by Crippen LogP contribution is 2.32. The van der Waals surface area contributed by atoms with Crippen LogP contribution in [0.4, 0.5) is 14.9 Å². The molecule has 0 spiro atoms. The predicted molar refractivity (Wildman–Crippen MR) is 102 cm³/mol. The number of ether oxygens (including phenoxy) is 1. The second kappa shape index (κ2) is 7.29. The lowest BCUT2D eigenvalue weighted by molar-refractivity contribution is 0.0496. The fourth-order valence-electron chi connectivity index (χ4n) is 3.45. The van der Waals surface area contributed by atoms with Gasteiger partial charge in [-0.3, -0.25) is 4.68 Å². The Bertz CT molecular complexity index is 911. The average molecular weight is 392 g/mol. The first-order valence-corrected chi connectivity index (χ1v) is 9.19. The summed E-state index contributed by atoms with van der Waals surface area (Å²) in [7, 11) is 1.67. The molecule has 0 unspecified atom stereocenters. The first kappa shape index (κ1) is 19.9. The van der Waals surface area contributed by atoms with Crippen LogP contribution in [0.1, 0.15) is 44.0 Å². The summed E-state index contributed by atoms with van der Waals surface area (Å²) in [5.41, 5.74) is -0.221. The Hall–Kier alpha value is -2.84. The maximum absolute atomic E-state index is 14.5. The number of carbonyl (C=O) groups is 2. The van der Waals surface area contributed by atoms with Crippen molar-refractivity contribution in [2.45, 2.75) is 45.3 Å². The highest BCUT2D eigenvalue weighted by atomic mass is 19.1. The van der Waals surface area contributed by atoms with E-state index in [1.807, 2.05) is 25.7 Å². The number of aryl methyl sites for hydroxylation is 1. The van der Waals surface area contributed by atoms with Gasteiger partial charge in [-0.25, -0.2) is 14.0 Å². The minimum absolute atomic E-state index is 0.0290. The average Bonchev–Trinajstić information content (AvgIpc) is 2.93. The number of hydrogen-bond donors (Lipinski definition) is 2. The van der Waals surface area contributed by atoms with Crippen LogP contribution in [0, 0.1) is 5.82 Å². The standard InChI is InChI=1S/C19H25FN4O4/c1-19(2,3)28-18(27)21-11-5-7-24(8-6-11)14-9-13(20)15(17(25)26)16-12(14)10-23(4)22-16/h9-11H,5-8H2,1-4H3,(H,21,27)(H,25,26). The van der Waals surface area contributed by atoms with Gasteiger partial charge in [-0.15, -0.1) is 0 Å². The van der Waals surface area contributed by atoms with E-state index in [1.165, 1.54) is 10.7 Å². The fourth-order valence-corrected chi connectivity index (χ4v) is 3.45. The van der Waals surface area contributed by atoms with Gasteiger partial charge in [0.05, 0.1) is 5.69 Å². The lowest BCUT2D eigenvalue weighted by atomic mass is 10.0. The van der Waals surface area contributed by atoms with Crippen LogP contribution in [-0.2, 0) is 11.8 Å². The number of carbonyl (C=O) groups excluding carboxylic acids is 1. The highest BCUT2D eigenvalue weighted by Gasteiger charge is 2.27. The molecule has 1 aromatic heterocycles. The molecule has 0 atom stereocenters. The van der Waals surface area contributed by atoms with Crippen LogP contribution >= 0.6 is 0 Å². The zero-order valence-electron chi connectivity index (χ0n) is 16.5. The van der Waals surface area contributed by atoms with E-state index >= 15 is 0 Å². The summed E-state index contributed by atoms with van der Waals surface area (Å²) < 4.78 is 21.2. The smallest absolute Gasteiger partial charge is 0.407 e. The number of alkyl carbamates (subject to hydrolysis) is 1. The van der Waals surface area contributed by atoms with Gasteiger partial charge >= 0.3 is 12.1 Å². The van der Waals surface area contributed by atoms with Crippen molar-refractivity contribution in [1.82, 2.24) is 15.1 Å². The number of piperidine rings is 1. The Kier molecular flexibility index (Phi) is 5.18. The van der Waals surface area contributed by atoms with Crippen molar-refractivity contribution in [3.8, 4) is 0 Å². The first-order valence-electron chi connectivity index (χ1n) is 9.19. The van der Waals surface area contributed by atoms with E-state index in [-0.39, 0.29) is 11.6 Å². The zero-order valence-corrected chi connectivity index (χ0v) is 16.5. The summed E-state index contributed by atoms with van der Waals surface area (Å²) >= 11 is 0. The number of carboxylic acid groups (broad SMARTS) is 1. The van der Waals surface area contributed by atoms with Gasteiger partial charge in [0.25, 0.3) is 0 Å². The largest absolute Gasteiger partial charge is 0.478 e. The zero-order chi connectivity index (χ0) is 20.6. The molecule has 0 radical (unpaired) electrons. The van der Waals surface area contributed by atoms with Crippen molar-refractivity contribution in [3.05, 3.63) is 23.6 Å². The molecule has 152 valence electrons. The van der Waals surface area contributed by atoms with E-state index in [0.29, 0.717) is 37.0 Å². The lowest BCUT2D eigenvalue weighted by Crippen LogP contribution is -2.46. The molecule has 0 aliphatic carbocycles. The second-order valence-electron chi connectivity index (χ2n) is 8.03. The maximum Gasteiger partial charge on any atom is 0.407 e. The molecule has 1 fully saturated rings. The third-order valence-electron chi connectivity index (χ3n) is 4.61. The minimum atomic E-state index is -1.34. The summed E-state index contributed by atoms with van der Waals surface area (Å²) in [6, 6.07) is 1.23. The van der Waals surface area contributed by atoms with Gasteiger partial charge in [0, 0.05) is 37.8 Å². The van der Waals surface area contributed by atoms with Crippen molar-refractivity contribution in [2.24, 2.45) is 7.05 Å². The van der Waals surface area contributed by atoms with E-state index in [9.17, 15) is 19.1 Å². The Morgan fingerprint density at radius 1 is 1.32 bits per heavy atom. The number of halogens is 1. The lowest BCUT2D eigenvalue weighted by Gasteiger charge is -2.34. The number of anilines is 1. The molecule has 28 heavy (non-hydrogen) atoms. The molecule has 0 saturated carbocycles. The Morgan fingerprint density at radius 2 is 1.96 bits per heavy atom. The van der Waals surface area contributed by atoms with Gasteiger partial charge in [-0.05, 0) is 39.7 Å². The molecule has 1 aliphatic rings. The molecule has 3 rings (SSSR count). The third-order valence-corrected chi connectivity index (χ3v) is 4.61. The molecule has 2 aromatic rings. The minimum Gasteiger partial charge on any atom is -0.478 e. The molecule has 1 saturated heterocycles. The Balaban J connectivity index is 1.76. The second-order valence-corrected chi connectivity index (χ2v) is 8.03. The molecule has 1 aliphatic heterocycles. The van der Waals surface area contributed by atoms with Crippen molar-refractivity contribution in [1.29, 1.82) is 0 Å². The van der Waals surface area contributed by atoms with Crippen LogP contribution in [0.25, 0.3) is 10.9 Å². The molecular formula is C19H25FN4O4. The van der Waals surface area contributed by atoms with Crippen LogP contribution in [0.15, 0.2) is 12.3 Å². The topological polar surface area (TPSA) is 96.7 Å². The molecule has 2 N–H and O–H groups in total. The normalized spacial score (nSPS) is 15.7. The van der Waals surface area contributed by atoms with Crippen molar-refractivity contribution in [3.63, 3.8) is 0 Å². The summed E-state index contributed by atoms with van der Waals surface area (Å²) in [5, 5.41) is 16.9. The third kappa shape index (κ3) is 4.18. The summed E-state index contributed by atoms with van der Waals surface area (Å²) in [5.74, 6) is -2.14. The molecule has 2 heterocycles. The van der Waals surface area contributed by atoms with Crippen molar-refractivity contribution >= 4 is 28.7 Å². The summed E-state index contributed by atoms with van der Waals surface area (Å²) in [6.45, 7) is 6.61. The Morgan fingerprint density at radius 3 is 2.54 bits per heavy atom. The van der Waals surface area contributed by atoms with Crippen LogP contribution in [0.2, 0.25) is 0 Å². The van der Waals surface area contributed by atoms with E-state index < -0.39 is 29.0 Å². The monoisotopic (exact) mass is 392 g/mol. The van der Waals surface area contributed by atoms with Gasteiger partial charge < -0.3 is 20.1 Å². The van der Waals surface area contributed by atoms with Crippen LogP contribution < -0.4 is 10.2 Å². The molecular weight excluding hydrogens is 367 g/mol. The van der Waals surface area contributed by atoms with Gasteiger partial charge in [0.1, 0.15) is 22.5 Å². The van der Waals surface area contributed by atoms with E-state index in [0.717, 1.165) is 0 Å². The number of amides is 1. The summed E-state index contributed by atoms with van der Waals surface area (Å²) in [6.07, 6.45) is 2.59. The summed E-state index contributed by atoms with van der Waals surface area (Å²) in [4.78, 5) is 25.4. The van der Waals surface area contributed by atoms with Gasteiger partial charge in [0.2, 0.25) is 0 Å². The van der Waals surface area contributed by atoms with E-state index in [4.69, 9.17) is 4.74 Å². The van der Waals surface area contributed by atoms with Crippen LogP contribution in [0.3, 0.4) is 0 Å². The molecule has 8 nitrogen and oxygen atoms in total. The fraction of sp³-hybridized carbons (Fsp3) is 0.526. The molecule has 1 amide bonds. The number of aromatic carboxylic acids is 1. The predicted octanol–water partition coefficient (Wildman–Crippen LogP) is 2.90. The number of hydrogen-bond acceptors (Lipinski definition) is 5. The van der Waals surface area contributed by atoms with Crippen molar-refractivity contribution < 1.29 is 23.8 Å². The van der Waals surface area contributed by atoms with Gasteiger partial charge in [-0.1, -0.05) is 0 Å². The quantitative estimate of drug-likeness (QED) is 0.834. The number of benzene rings is 1. The van der Waals surface area contributed by atoms with Gasteiger partial charge in [0.15, 0.2) is 0 Å². The Labute approximate surface area is 162 Å². The number of nitrogens with zero attached hydrogens (tertiary/aromatic N) is 3. The van der Waals surface area contributed by atoms with Gasteiger partial charge in [-0.2, -0.15) is 5.10 Å². The highest BCUT2D eigenvalue weighted by molar-refractivity contribution is 6.06. The van der Waals surface area contributed by atoms with E-state index in [1.54, 1.807) is 13.2 Å². The molecule has 9 heteroatoms. The molecule has 1 aromatic carbocycles. The SMILES string of the molecule is Cn1cc2c(N3CCC(NC(=O)OC(C)(C)C)CC3)cc(F)c(C(=O)O)c2n1. The van der Waals surface area contributed by atoms with Crippen LogP contribution in [-0.4, -0.2) is 51.7 Å². The van der Waals surface area contributed by atoms with E-state index in [2.05, 4.69) is 10.4 Å². The number of rotatable bonds is 3. The number of aromatic nitrogens is 2. The first-order chi connectivity index (χ1) is 13.0. The number of nitrogens with one attached hydrogen (secondary N) is 1.